The van der Waals surface area contributed by atoms with E-state index in [1.54, 1.807) is 12.1 Å². The van der Waals surface area contributed by atoms with E-state index >= 15 is 0 Å². The van der Waals surface area contributed by atoms with Gasteiger partial charge in [0.05, 0.1) is 10.0 Å². The summed E-state index contributed by atoms with van der Waals surface area (Å²) in [6.45, 7) is 4.36. The van der Waals surface area contributed by atoms with E-state index in [0.717, 1.165) is 5.69 Å². The van der Waals surface area contributed by atoms with Crippen molar-refractivity contribution < 1.29 is 4.39 Å². The Balaban J connectivity index is 2.16. The molecule has 4 heteroatoms. The van der Waals surface area contributed by atoms with Crippen LogP contribution in [0.3, 0.4) is 0 Å². The summed E-state index contributed by atoms with van der Waals surface area (Å²) in [7, 11) is 0. The van der Waals surface area contributed by atoms with Crippen LogP contribution in [0.15, 0.2) is 12.1 Å². The molecule has 0 aromatic heterocycles. The van der Waals surface area contributed by atoms with Gasteiger partial charge in [-0.2, -0.15) is 0 Å². The summed E-state index contributed by atoms with van der Waals surface area (Å²) in [4.78, 5) is 0. The molecular weight excluding hydrogens is 248 g/mol. The Kier molecular flexibility index (Phi) is 3.06. The molecule has 16 heavy (non-hydrogen) atoms. The normalized spacial score (nSPS) is 19.3. The summed E-state index contributed by atoms with van der Waals surface area (Å²) >= 11 is 11.5. The lowest BCUT2D eigenvalue weighted by molar-refractivity contribution is 0.493. The number of rotatable bonds is 3. The molecule has 0 saturated heterocycles. The largest absolute Gasteiger partial charge is 0.382 e. The van der Waals surface area contributed by atoms with Gasteiger partial charge in [0.15, 0.2) is 5.82 Å². The molecule has 1 aliphatic carbocycles. The highest BCUT2D eigenvalue weighted by atomic mass is 35.5. The lowest BCUT2D eigenvalue weighted by atomic mass is 10.0. The van der Waals surface area contributed by atoms with E-state index in [9.17, 15) is 4.39 Å². The number of hydrogen-bond donors (Lipinski definition) is 1. The lowest BCUT2D eigenvalue weighted by Gasteiger charge is -2.22. The first kappa shape index (κ1) is 12.0. The predicted octanol–water partition coefficient (Wildman–Crippen LogP) is 4.73. The second kappa shape index (κ2) is 4.08. The standard InChI is InChI=1S/C12H14Cl2FN/c1-7(12(2)3-4-12)16-8-5-9(13)11(15)10(14)6-8/h5-7,16H,3-4H2,1-2H3. The van der Waals surface area contributed by atoms with E-state index in [4.69, 9.17) is 23.2 Å². The lowest BCUT2D eigenvalue weighted by Crippen LogP contribution is -2.24. The van der Waals surface area contributed by atoms with E-state index in [-0.39, 0.29) is 10.0 Å². The molecule has 1 fully saturated rings. The first-order valence-corrected chi connectivity index (χ1v) is 6.09. The van der Waals surface area contributed by atoms with E-state index in [1.165, 1.54) is 12.8 Å². The molecule has 0 bridgehead atoms. The van der Waals surface area contributed by atoms with Gasteiger partial charge in [0.1, 0.15) is 0 Å². The summed E-state index contributed by atoms with van der Waals surface area (Å²) in [6, 6.07) is 3.49. The second-order valence-electron chi connectivity index (χ2n) is 4.77. The molecule has 0 heterocycles. The Morgan fingerprint density at radius 1 is 1.31 bits per heavy atom. The van der Waals surface area contributed by atoms with E-state index in [0.29, 0.717) is 11.5 Å². The summed E-state index contributed by atoms with van der Waals surface area (Å²) in [5, 5.41) is 3.43. The zero-order chi connectivity index (χ0) is 11.9. The molecule has 1 saturated carbocycles. The van der Waals surface area contributed by atoms with Crippen LogP contribution in [0, 0.1) is 11.2 Å². The minimum atomic E-state index is -0.556. The highest BCUT2D eigenvalue weighted by Crippen LogP contribution is 2.49. The van der Waals surface area contributed by atoms with Crippen LogP contribution in [0.25, 0.3) is 0 Å². The van der Waals surface area contributed by atoms with Crippen molar-refractivity contribution >= 4 is 28.9 Å². The van der Waals surface area contributed by atoms with Crippen molar-refractivity contribution in [2.45, 2.75) is 32.7 Å². The molecule has 1 atom stereocenters. The van der Waals surface area contributed by atoms with Gasteiger partial charge in [0, 0.05) is 11.7 Å². The fourth-order valence-electron chi connectivity index (χ4n) is 1.69. The summed E-state index contributed by atoms with van der Waals surface area (Å²) in [6.07, 6.45) is 2.45. The van der Waals surface area contributed by atoms with Crippen molar-refractivity contribution in [3.05, 3.63) is 28.0 Å². The zero-order valence-corrected chi connectivity index (χ0v) is 10.8. The molecule has 1 nitrogen and oxygen atoms in total. The average molecular weight is 262 g/mol. The molecule has 2 rings (SSSR count). The Morgan fingerprint density at radius 3 is 2.25 bits per heavy atom. The molecular formula is C12H14Cl2FN. The van der Waals surface area contributed by atoms with Gasteiger partial charge in [-0.3, -0.25) is 0 Å². The first-order chi connectivity index (χ1) is 7.42. The van der Waals surface area contributed by atoms with Gasteiger partial charge >= 0.3 is 0 Å². The number of anilines is 1. The van der Waals surface area contributed by atoms with Crippen molar-refractivity contribution in [2.24, 2.45) is 5.41 Å². The van der Waals surface area contributed by atoms with Crippen LogP contribution in [0.1, 0.15) is 26.7 Å². The third-order valence-corrected chi connectivity index (χ3v) is 4.00. The molecule has 0 amide bonds. The van der Waals surface area contributed by atoms with Gasteiger partial charge in [0.25, 0.3) is 0 Å². The highest BCUT2D eigenvalue weighted by molar-refractivity contribution is 6.35. The molecule has 0 aliphatic heterocycles. The highest BCUT2D eigenvalue weighted by Gasteiger charge is 2.42. The van der Waals surface area contributed by atoms with Crippen LogP contribution in [0.5, 0.6) is 0 Å². The minimum absolute atomic E-state index is 0.0585. The summed E-state index contributed by atoms with van der Waals surface area (Å²) in [5.41, 5.74) is 1.13. The third-order valence-electron chi connectivity index (χ3n) is 3.45. The smallest absolute Gasteiger partial charge is 0.160 e. The van der Waals surface area contributed by atoms with Crippen molar-refractivity contribution in [1.82, 2.24) is 0 Å². The molecule has 0 radical (unpaired) electrons. The number of nitrogens with one attached hydrogen (secondary N) is 1. The van der Waals surface area contributed by atoms with Gasteiger partial charge < -0.3 is 5.32 Å². The maximum atomic E-state index is 13.2. The molecule has 1 aromatic carbocycles. The first-order valence-electron chi connectivity index (χ1n) is 5.33. The van der Waals surface area contributed by atoms with Gasteiger partial charge in [-0.1, -0.05) is 30.1 Å². The molecule has 0 spiro atoms. The second-order valence-corrected chi connectivity index (χ2v) is 5.59. The average Bonchev–Trinajstić information content (AvgIpc) is 2.94. The maximum absolute atomic E-state index is 13.2. The fourth-order valence-corrected chi connectivity index (χ4v) is 2.18. The molecule has 1 unspecified atom stereocenters. The predicted molar refractivity (Wildman–Crippen MR) is 66.8 cm³/mol. The van der Waals surface area contributed by atoms with Crippen LogP contribution in [0.2, 0.25) is 10.0 Å². The van der Waals surface area contributed by atoms with Gasteiger partial charge in [-0.05, 0) is 37.3 Å². The molecule has 1 aliphatic rings. The molecule has 1 N–H and O–H groups in total. The van der Waals surface area contributed by atoms with Crippen molar-refractivity contribution in [3.63, 3.8) is 0 Å². The number of hydrogen-bond acceptors (Lipinski definition) is 1. The number of halogens is 3. The quantitative estimate of drug-likeness (QED) is 0.776. The van der Waals surface area contributed by atoms with E-state index in [1.807, 2.05) is 0 Å². The van der Waals surface area contributed by atoms with E-state index < -0.39 is 5.82 Å². The SMILES string of the molecule is CC(Nc1cc(Cl)c(F)c(Cl)c1)C1(C)CC1. The Bertz CT molecular complexity index is 392. The Hall–Kier alpha value is -0.470. The topological polar surface area (TPSA) is 12.0 Å². The van der Waals surface area contributed by atoms with Crippen LogP contribution in [-0.4, -0.2) is 6.04 Å². The Labute approximate surface area is 105 Å². The van der Waals surface area contributed by atoms with Crippen LogP contribution >= 0.6 is 23.2 Å². The van der Waals surface area contributed by atoms with E-state index in [2.05, 4.69) is 19.2 Å². The fraction of sp³-hybridized carbons (Fsp3) is 0.500. The van der Waals surface area contributed by atoms with Gasteiger partial charge in [-0.15, -0.1) is 0 Å². The zero-order valence-electron chi connectivity index (χ0n) is 9.28. The van der Waals surface area contributed by atoms with Crippen LogP contribution < -0.4 is 5.32 Å². The van der Waals surface area contributed by atoms with Crippen LogP contribution in [-0.2, 0) is 0 Å². The maximum Gasteiger partial charge on any atom is 0.160 e. The minimum Gasteiger partial charge on any atom is -0.382 e. The molecule has 1 aromatic rings. The summed E-state index contributed by atoms with van der Waals surface area (Å²) in [5.74, 6) is -0.556. The van der Waals surface area contributed by atoms with Gasteiger partial charge in [0.2, 0.25) is 0 Å². The molecule has 88 valence electrons. The Morgan fingerprint density at radius 2 is 1.81 bits per heavy atom. The summed E-state index contributed by atoms with van der Waals surface area (Å²) < 4.78 is 13.2. The van der Waals surface area contributed by atoms with Crippen molar-refractivity contribution in [3.8, 4) is 0 Å². The van der Waals surface area contributed by atoms with Crippen molar-refractivity contribution in [2.75, 3.05) is 5.32 Å². The monoisotopic (exact) mass is 261 g/mol. The number of benzene rings is 1. The van der Waals surface area contributed by atoms with Crippen LogP contribution in [0.4, 0.5) is 10.1 Å². The van der Waals surface area contributed by atoms with Crippen molar-refractivity contribution in [1.29, 1.82) is 0 Å². The van der Waals surface area contributed by atoms with Gasteiger partial charge in [-0.25, -0.2) is 4.39 Å². The third kappa shape index (κ3) is 2.28.